The lowest BCUT2D eigenvalue weighted by atomic mass is 10.3. The molecule has 0 bridgehead atoms. The fourth-order valence-corrected chi connectivity index (χ4v) is 2.36. The zero-order chi connectivity index (χ0) is 13.2. The Kier molecular flexibility index (Phi) is 2.88. The maximum Gasteiger partial charge on any atom is 0.269 e. The molecule has 96 valence electrons. The van der Waals surface area contributed by atoms with Crippen LogP contribution in [0.15, 0.2) is 30.5 Å². The number of nitrogens with zero attached hydrogens (tertiary/aromatic N) is 3. The molecule has 0 radical (unpaired) electrons. The predicted molar refractivity (Wildman–Crippen MR) is 70.7 cm³/mol. The number of aromatic nitrogens is 1. The van der Waals surface area contributed by atoms with Crippen LogP contribution < -0.4 is 14.6 Å². The van der Waals surface area contributed by atoms with Crippen molar-refractivity contribution in [2.45, 2.75) is 0 Å². The highest BCUT2D eigenvalue weighted by Gasteiger charge is 2.08. The van der Waals surface area contributed by atoms with Gasteiger partial charge in [0.1, 0.15) is 0 Å². The van der Waals surface area contributed by atoms with Gasteiger partial charge in [-0.25, -0.2) is 5.06 Å². The first-order valence-corrected chi connectivity index (χ1v) is 6.31. The fraction of sp³-hybridized carbons (Fsp3) is 0.0833. The third-order valence-electron chi connectivity index (χ3n) is 2.64. The van der Waals surface area contributed by atoms with Crippen molar-refractivity contribution in [1.82, 2.24) is 9.44 Å². The summed E-state index contributed by atoms with van der Waals surface area (Å²) in [5.41, 5.74) is 0.0471. The van der Waals surface area contributed by atoms with E-state index in [0.29, 0.717) is 12.3 Å². The van der Waals surface area contributed by atoms with Crippen molar-refractivity contribution < 1.29 is 9.76 Å². The van der Waals surface area contributed by atoms with Gasteiger partial charge in [0, 0.05) is 23.6 Å². The molecule has 0 fully saturated rings. The minimum atomic E-state index is -0.437. The second-order valence-corrected chi connectivity index (χ2v) is 4.75. The second kappa shape index (κ2) is 4.69. The molecule has 6 nitrogen and oxygen atoms in total. The van der Waals surface area contributed by atoms with Crippen LogP contribution in [0.1, 0.15) is 0 Å². The number of hydrogen-bond acceptors (Lipinski definition) is 6. The summed E-state index contributed by atoms with van der Waals surface area (Å²) in [5.74, 6) is 0.557. The smallest absolute Gasteiger partial charge is 0.269 e. The number of fused-ring (bicyclic) bond motifs is 1. The van der Waals surface area contributed by atoms with Gasteiger partial charge in [-0.05, 0) is 29.7 Å². The van der Waals surface area contributed by atoms with Crippen LogP contribution in [0.4, 0.5) is 5.69 Å². The van der Waals surface area contributed by atoms with Crippen LogP contribution in [-0.2, 0) is 0 Å². The summed E-state index contributed by atoms with van der Waals surface area (Å²) in [7, 11) is 0. The largest absolute Gasteiger partial charge is 0.380 e. The maximum atomic E-state index is 10.5. The summed E-state index contributed by atoms with van der Waals surface area (Å²) in [4.78, 5) is 15.7. The quantitative estimate of drug-likeness (QED) is 0.614. The first-order valence-electron chi connectivity index (χ1n) is 5.54. The van der Waals surface area contributed by atoms with E-state index in [1.165, 1.54) is 23.7 Å². The zero-order valence-corrected chi connectivity index (χ0v) is 10.5. The number of hydrogen-bond donors (Lipinski definition) is 0. The van der Waals surface area contributed by atoms with Crippen molar-refractivity contribution >= 4 is 29.5 Å². The lowest BCUT2D eigenvalue weighted by Crippen LogP contribution is -2.34. The van der Waals surface area contributed by atoms with Gasteiger partial charge < -0.3 is 4.84 Å². The van der Waals surface area contributed by atoms with Crippen molar-refractivity contribution in [2.24, 2.45) is 0 Å². The fourth-order valence-electron chi connectivity index (χ4n) is 1.72. The standard InChI is InChI=1S/C12H9N3O3S/c16-15(17)10-1-3-11(4-2-10)18-14-6-5-12-9(8-14)7-13-19-12/h1-5,7-8H,6H2. The molecular weight excluding hydrogens is 266 g/mol. The van der Waals surface area contributed by atoms with E-state index >= 15 is 0 Å². The molecule has 0 N–H and O–H groups in total. The predicted octanol–water partition coefficient (Wildman–Crippen LogP) is 0.879. The molecule has 7 heteroatoms. The molecule has 0 spiro atoms. The maximum absolute atomic E-state index is 10.5. The van der Waals surface area contributed by atoms with E-state index in [2.05, 4.69) is 4.37 Å². The number of rotatable bonds is 3. The second-order valence-electron chi connectivity index (χ2n) is 3.92. The van der Waals surface area contributed by atoms with Gasteiger partial charge in [0.05, 0.1) is 22.2 Å². The van der Waals surface area contributed by atoms with Crippen LogP contribution in [0.25, 0.3) is 12.3 Å². The summed E-state index contributed by atoms with van der Waals surface area (Å²) < 4.78 is 5.23. The Balaban J connectivity index is 1.77. The van der Waals surface area contributed by atoms with Crippen molar-refractivity contribution in [2.75, 3.05) is 6.54 Å². The summed E-state index contributed by atoms with van der Waals surface area (Å²) in [5, 5.41) is 13.2. The average molecular weight is 275 g/mol. The topological polar surface area (TPSA) is 68.5 Å². The molecule has 1 aromatic heterocycles. The molecule has 1 aliphatic rings. The number of nitro groups is 1. The van der Waals surface area contributed by atoms with Crippen LogP contribution in [0.3, 0.4) is 0 Å². The average Bonchev–Trinajstić information content (AvgIpc) is 2.87. The van der Waals surface area contributed by atoms with Gasteiger partial charge in [0.15, 0.2) is 5.75 Å². The van der Waals surface area contributed by atoms with Crippen molar-refractivity contribution in [1.29, 1.82) is 0 Å². The Labute approximate surface area is 112 Å². The minimum absolute atomic E-state index is 0.0471. The lowest BCUT2D eigenvalue weighted by Gasteiger charge is -2.20. The Morgan fingerprint density at radius 1 is 1.37 bits per heavy atom. The minimum Gasteiger partial charge on any atom is -0.380 e. The number of non-ortho nitro benzene ring substituents is 1. The first kappa shape index (κ1) is 11.7. The van der Waals surface area contributed by atoms with Gasteiger partial charge >= 0.3 is 0 Å². The SMILES string of the molecule is O=[N+]([O-])c1ccc(ON2C=c3cnsc3=CC2)cc1. The molecule has 3 rings (SSSR count). The van der Waals surface area contributed by atoms with E-state index in [4.69, 9.17) is 4.84 Å². The molecular formula is C12H9N3O3S. The van der Waals surface area contributed by atoms with E-state index in [1.54, 1.807) is 23.4 Å². The third kappa shape index (κ3) is 2.41. The van der Waals surface area contributed by atoms with E-state index in [-0.39, 0.29) is 5.69 Å². The molecule has 1 aromatic carbocycles. The molecule has 1 aliphatic heterocycles. The highest BCUT2D eigenvalue weighted by molar-refractivity contribution is 7.03. The summed E-state index contributed by atoms with van der Waals surface area (Å²) in [6.45, 7) is 0.617. The van der Waals surface area contributed by atoms with E-state index < -0.39 is 4.92 Å². The molecule has 0 saturated heterocycles. The van der Waals surface area contributed by atoms with Crippen molar-refractivity contribution in [3.05, 3.63) is 50.3 Å². The third-order valence-corrected chi connectivity index (χ3v) is 3.45. The first-order chi connectivity index (χ1) is 9.22. The van der Waals surface area contributed by atoms with E-state index in [0.717, 1.165) is 9.75 Å². The van der Waals surface area contributed by atoms with Gasteiger partial charge in [0.2, 0.25) is 0 Å². The van der Waals surface area contributed by atoms with Gasteiger partial charge in [-0.3, -0.25) is 10.1 Å². The highest BCUT2D eigenvalue weighted by Crippen LogP contribution is 2.18. The molecule has 0 saturated carbocycles. The molecule has 0 amide bonds. The Morgan fingerprint density at radius 2 is 2.16 bits per heavy atom. The van der Waals surface area contributed by atoms with Crippen LogP contribution in [0.5, 0.6) is 5.75 Å². The van der Waals surface area contributed by atoms with Crippen LogP contribution in [-0.4, -0.2) is 20.9 Å². The van der Waals surface area contributed by atoms with Gasteiger partial charge in [-0.15, -0.1) is 0 Å². The Bertz CT molecular complexity index is 723. The number of nitro benzene ring substituents is 1. The molecule has 0 aliphatic carbocycles. The Hall–Kier alpha value is -2.41. The molecule has 2 heterocycles. The molecule has 2 aromatic rings. The van der Waals surface area contributed by atoms with Gasteiger partial charge in [-0.1, -0.05) is 0 Å². The van der Waals surface area contributed by atoms with E-state index in [1.807, 2.05) is 12.3 Å². The van der Waals surface area contributed by atoms with E-state index in [9.17, 15) is 10.1 Å². The number of hydroxylamine groups is 2. The normalized spacial score (nSPS) is 13.2. The van der Waals surface area contributed by atoms with Crippen molar-refractivity contribution in [3.63, 3.8) is 0 Å². The summed E-state index contributed by atoms with van der Waals surface area (Å²) >= 11 is 1.44. The number of benzene rings is 1. The molecule has 0 unspecified atom stereocenters. The highest BCUT2D eigenvalue weighted by atomic mass is 32.1. The zero-order valence-electron chi connectivity index (χ0n) is 9.72. The van der Waals surface area contributed by atoms with Gasteiger partial charge in [0.25, 0.3) is 5.69 Å². The molecule has 19 heavy (non-hydrogen) atoms. The monoisotopic (exact) mass is 275 g/mol. The lowest BCUT2D eigenvalue weighted by molar-refractivity contribution is -0.384. The van der Waals surface area contributed by atoms with Gasteiger partial charge in [-0.2, -0.15) is 4.37 Å². The summed E-state index contributed by atoms with van der Waals surface area (Å²) in [6, 6.07) is 5.99. The Morgan fingerprint density at radius 3 is 2.89 bits per heavy atom. The van der Waals surface area contributed by atoms with Crippen LogP contribution >= 0.6 is 11.5 Å². The molecule has 0 atom stereocenters. The van der Waals surface area contributed by atoms with Crippen LogP contribution in [0.2, 0.25) is 0 Å². The van der Waals surface area contributed by atoms with Crippen LogP contribution in [0, 0.1) is 10.1 Å². The van der Waals surface area contributed by atoms with Crippen molar-refractivity contribution in [3.8, 4) is 5.75 Å². The summed E-state index contributed by atoms with van der Waals surface area (Å²) in [6.07, 6.45) is 5.67.